The Morgan fingerprint density at radius 1 is 1.30 bits per heavy atom. The minimum Gasteiger partial charge on any atom is -0.489 e. The zero-order chi connectivity index (χ0) is 15.2. The molecule has 0 amide bonds. The monoisotopic (exact) mass is 295 g/mol. The molecule has 1 atom stereocenters. The first-order valence-electron chi connectivity index (χ1n) is 6.07. The fourth-order valence-corrected chi connectivity index (χ4v) is 1.55. The van der Waals surface area contributed by atoms with E-state index < -0.39 is 17.6 Å². The van der Waals surface area contributed by atoms with Gasteiger partial charge in [-0.3, -0.25) is 0 Å². The summed E-state index contributed by atoms with van der Waals surface area (Å²) in [6.07, 6.45) is -5.08. The minimum atomic E-state index is -4.73. The van der Waals surface area contributed by atoms with Crippen LogP contribution in [-0.4, -0.2) is 32.9 Å². The van der Waals surface area contributed by atoms with Gasteiger partial charge in [0.2, 0.25) is 0 Å². The van der Waals surface area contributed by atoms with Gasteiger partial charge in [-0.15, -0.1) is 0 Å². The van der Waals surface area contributed by atoms with Gasteiger partial charge in [0, 0.05) is 20.2 Å². The molecule has 1 unspecified atom stereocenters. The molecule has 0 saturated heterocycles. The minimum absolute atomic E-state index is 0.0141. The highest BCUT2D eigenvalue weighted by molar-refractivity contribution is 5.31. The Kier molecular flexibility index (Phi) is 6.22. The number of hydrogen-bond acceptors (Lipinski definition) is 3. The predicted molar refractivity (Wildman–Crippen MR) is 66.2 cm³/mol. The van der Waals surface area contributed by atoms with Crippen molar-refractivity contribution in [2.45, 2.75) is 19.2 Å². The van der Waals surface area contributed by atoms with Crippen LogP contribution in [0.2, 0.25) is 0 Å². The second-order valence-electron chi connectivity index (χ2n) is 4.26. The highest BCUT2D eigenvalue weighted by Crippen LogP contribution is 2.33. The van der Waals surface area contributed by atoms with Gasteiger partial charge in [-0.25, -0.2) is 4.39 Å². The SMILES string of the molecule is COCCNCC(C)Oc1ccc(F)c(C(F)(F)F)c1. The maximum absolute atomic E-state index is 13.1. The number of alkyl halides is 3. The van der Waals surface area contributed by atoms with Gasteiger partial charge in [0.25, 0.3) is 0 Å². The van der Waals surface area contributed by atoms with E-state index in [1.807, 2.05) is 0 Å². The van der Waals surface area contributed by atoms with E-state index in [1.54, 1.807) is 14.0 Å². The lowest BCUT2D eigenvalue weighted by molar-refractivity contribution is -0.140. The summed E-state index contributed by atoms with van der Waals surface area (Å²) in [7, 11) is 1.57. The Balaban J connectivity index is 2.60. The Labute approximate surface area is 114 Å². The topological polar surface area (TPSA) is 30.5 Å². The van der Waals surface area contributed by atoms with Crippen LogP contribution < -0.4 is 10.1 Å². The molecule has 0 aliphatic rings. The van der Waals surface area contributed by atoms with Gasteiger partial charge < -0.3 is 14.8 Å². The molecule has 20 heavy (non-hydrogen) atoms. The molecule has 7 heteroatoms. The number of benzene rings is 1. The average molecular weight is 295 g/mol. The van der Waals surface area contributed by atoms with E-state index in [9.17, 15) is 17.6 Å². The van der Waals surface area contributed by atoms with Crippen molar-refractivity contribution in [3.63, 3.8) is 0 Å². The molecule has 0 saturated carbocycles. The van der Waals surface area contributed by atoms with Crippen molar-refractivity contribution >= 4 is 0 Å². The fourth-order valence-electron chi connectivity index (χ4n) is 1.55. The van der Waals surface area contributed by atoms with Crippen molar-refractivity contribution in [3.05, 3.63) is 29.6 Å². The van der Waals surface area contributed by atoms with Crippen molar-refractivity contribution in [2.24, 2.45) is 0 Å². The van der Waals surface area contributed by atoms with Crippen molar-refractivity contribution in [3.8, 4) is 5.75 Å². The molecule has 3 nitrogen and oxygen atoms in total. The van der Waals surface area contributed by atoms with Crippen molar-refractivity contribution in [2.75, 3.05) is 26.8 Å². The fraction of sp³-hybridized carbons (Fsp3) is 0.538. The lowest BCUT2D eigenvalue weighted by Gasteiger charge is -2.17. The largest absolute Gasteiger partial charge is 0.489 e. The first-order valence-corrected chi connectivity index (χ1v) is 6.07. The smallest absolute Gasteiger partial charge is 0.419 e. The van der Waals surface area contributed by atoms with Crippen LogP contribution in [0, 0.1) is 5.82 Å². The molecule has 0 aliphatic carbocycles. The van der Waals surface area contributed by atoms with E-state index in [0.29, 0.717) is 25.8 Å². The molecule has 0 radical (unpaired) electrons. The van der Waals surface area contributed by atoms with E-state index in [2.05, 4.69) is 5.32 Å². The molecular weight excluding hydrogens is 278 g/mol. The summed E-state index contributed by atoms with van der Waals surface area (Å²) in [6.45, 7) is 3.29. The lowest BCUT2D eigenvalue weighted by Crippen LogP contribution is -2.31. The van der Waals surface area contributed by atoms with Crippen molar-refractivity contribution < 1.29 is 27.0 Å². The number of ether oxygens (including phenoxy) is 2. The van der Waals surface area contributed by atoms with E-state index in [-0.39, 0.29) is 11.9 Å². The molecule has 0 bridgehead atoms. The average Bonchev–Trinajstić information content (AvgIpc) is 2.36. The van der Waals surface area contributed by atoms with Gasteiger partial charge in [0.1, 0.15) is 17.7 Å². The Morgan fingerprint density at radius 3 is 2.60 bits per heavy atom. The number of hydrogen-bond donors (Lipinski definition) is 1. The Morgan fingerprint density at radius 2 is 2.00 bits per heavy atom. The number of nitrogens with one attached hydrogen (secondary N) is 1. The third-order valence-corrected chi connectivity index (χ3v) is 2.50. The quantitative estimate of drug-likeness (QED) is 0.620. The molecular formula is C13H17F4NO2. The van der Waals surface area contributed by atoms with Crippen molar-refractivity contribution in [1.82, 2.24) is 5.32 Å². The predicted octanol–water partition coefficient (Wildman–Crippen LogP) is 2.85. The van der Waals surface area contributed by atoms with Crippen LogP contribution in [0.5, 0.6) is 5.75 Å². The van der Waals surface area contributed by atoms with Gasteiger partial charge in [-0.2, -0.15) is 13.2 Å². The maximum Gasteiger partial charge on any atom is 0.419 e. The third kappa shape index (κ3) is 5.34. The van der Waals surface area contributed by atoms with E-state index in [1.165, 1.54) is 6.07 Å². The number of halogens is 4. The van der Waals surface area contributed by atoms with Crippen LogP contribution in [0.1, 0.15) is 12.5 Å². The molecule has 1 aromatic carbocycles. The van der Waals surface area contributed by atoms with Gasteiger partial charge in [-0.05, 0) is 25.1 Å². The van der Waals surface area contributed by atoms with E-state index >= 15 is 0 Å². The summed E-state index contributed by atoms with van der Waals surface area (Å²) >= 11 is 0. The zero-order valence-electron chi connectivity index (χ0n) is 11.3. The highest BCUT2D eigenvalue weighted by Gasteiger charge is 2.34. The van der Waals surface area contributed by atoms with Gasteiger partial charge in [-0.1, -0.05) is 0 Å². The number of rotatable bonds is 7. The summed E-state index contributed by atoms with van der Waals surface area (Å²) < 4.78 is 60.8. The van der Waals surface area contributed by atoms with Gasteiger partial charge >= 0.3 is 6.18 Å². The molecule has 0 aromatic heterocycles. The van der Waals surface area contributed by atoms with Crippen LogP contribution in [0.3, 0.4) is 0 Å². The maximum atomic E-state index is 13.1. The second-order valence-corrected chi connectivity index (χ2v) is 4.26. The lowest BCUT2D eigenvalue weighted by atomic mass is 10.2. The van der Waals surface area contributed by atoms with Crippen LogP contribution in [0.15, 0.2) is 18.2 Å². The Hall–Kier alpha value is -1.34. The van der Waals surface area contributed by atoms with Crippen molar-refractivity contribution in [1.29, 1.82) is 0 Å². The van der Waals surface area contributed by atoms with E-state index in [0.717, 1.165) is 6.07 Å². The summed E-state index contributed by atoms with van der Waals surface area (Å²) in [5.41, 5.74) is -1.32. The number of methoxy groups -OCH3 is 1. The first-order chi connectivity index (χ1) is 9.34. The van der Waals surface area contributed by atoms with Gasteiger partial charge in [0.15, 0.2) is 0 Å². The summed E-state index contributed by atoms with van der Waals surface area (Å²) in [6, 6.07) is 2.60. The molecule has 0 spiro atoms. The highest BCUT2D eigenvalue weighted by atomic mass is 19.4. The van der Waals surface area contributed by atoms with Crippen LogP contribution >= 0.6 is 0 Å². The van der Waals surface area contributed by atoms with Crippen LogP contribution in [0.25, 0.3) is 0 Å². The third-order valence-electron chi connectivity index (χ3n) is 2.50. The Bertz CT molecular complexity index is 423. The van der Waals surface area contributed by atoms with E-state index in [4.69, 9.17) is 9.47 Å². The summed E-state index contributed by atoms with van der Waals surface area (Å²) in [5, 5.41) is 3.02. The molecule has 1 rings (SSSR count). The van der Waals surface area contributed by atoms with Gasteiger partial charge in [0.05, 0.1) is 12.2 Å². The molecule has 1 aromatic rings. The molecule has 0 aliphatic heterocycles. The molecule has 0 fully saturated rings. The standard InChI is InChI=1S/C13H17F4NO2/c1-9(8-18-5-6-19-2)20-10-3-4-12(14)11(7-10)13(15,16)17/h3-4,7,9,18H,5-6,8H2,1-2H3. The normalized spacial score (nSPS) is 13.3. The second kappa shape index (κ2) is 7.44. The summed E-state index contributed by atoms with van der Waals surface area (Å²) in [4.78, 5) is 0. The molecule has 1 N–H and O–H groups in total. The molecule has 0 heterocycles. The van der Waals surface area contributed by atoms with Crippen LogP contribution in [0.4, 0.5) is 17.6 Å². The summed E-state index contributed by atoms with van der Waals surface area (Å²) in [5.74, 6) is -1.32. The first kappa shape index (κ1) is 16.7. The zero-order valence-corrected chi connectivity index (χ0v) is 11.3. The van der Waals surface area contributed by atoms with Crippen LogP contribution in [-0.2, 0) is 10.9 Å². The molecule has 114 valence electrons.